The first-order valence-corrected chi connectivity index (χ1v) is 11.0. The second kappa shape index (κ2) is 5.70. The highest BCUT2D eigenvalue weighted by Crippen LogP contribution is 2.65. The van der Waals surface area contributed by atoms with Gasteiger partial charge in [0.1, 0.15) is 0 Å². The smallest absolute Gasteiger partial charge is 0.220 e. The van der Waals surface area contributed by atoms with E-state index in [1.165, 1.54) is 38.5 Å². The summed E-state index contributed by atoms with van der Waals surface area (Å²) in [6, 6.07) is 0.297. The van der Waals surface area contributed by atoms with Crippen molar-refractivity contribution in [1.82, 2.24) is 10.6 Å². The van der Waals surface area contributed by atoms with E-state index in [-0.39, 0.29) is 16.5 Å². The van der Waals surface area contributed by atoms with Crippen molar-refractivity contribution in [2.45, 2.75) is 107 Å². The van der Waals surface area contributed by atoms with Gasteiger partial charge in [0.05, 0.1) is 0 Å². The summed E-state index contributed by atoms with van der Waals surface area (Å²) in [6.07, 6.45) is 10.6. The van der Waals surface area contributed by atoms with E-state index in [9.17, 15) is 4.79 Å². The molecule has 4 bridgehead atoms. The Morgan fingerprint density at radius 3 is 2.08 bits per heavy atom. The Balaban J connectivity index is 1.41. The minimum Gasteiger partial charge on any atom is -0.353 e. The van der Waals surface area contributed by atoms with Gasteiger partial charge in [0.25, 0.3) is 0 Å². The minimum atomic E-state index is 0.0836. The molecule has 0 radical (unpaired) electrons. The quantitative estimate of drug-likeness (QED) is 0.670. The Labute approximate surface area is 161 Å². The SMILES string of the molecule is CC1(C)CC(NC(=O)CC23CC4CC(CC(Br)(C4)C2)C3)CC(C)(C)N1. The van der Waals surface area contributed by atoms with Crippen molar-refractivity contribution < 1.29 is 4.79 Å². The molecular weight excluding hydrogens is 376 g/mol. The molecule has 0 aromatic carbocycles. The zero-order valence-corrected chi connectivity index (χ0v) is 18.0. The van der Waals surface area contributed by atoms with E-state index in [2.05, 4.69) is 54.3 Å². The Bertz CT molecular complexity index is 540. The lowest BCUT2D eigenvalue weighted by Gasteiger charge is -2.60. The first kappa shape index (κ1) is 18.3. The molecule has 1 saturated heterocycles. The van der Waals surface area contributed by atoms with E-state index in [1.54, 1.807) is 0 Å². The molecule has 0 spiro atoms. The van der Waals surface area contributed by atoms with Crippen LogP contribution in [0.15, 0.2) is 0 Å². The highest BCUT2D eigenvalue weighted by Gasteiger charge is 2.57. The summed E-state index contributed by atoms with van der Waals surface area (Å²) in [5.41, 5.74) is 0.441. The van der Waals surface area contributed by atoms with Gasteiger partial charge in [-0.05, 0) is 96.3 Å². The van der Waals surface area contributed by atoms with Crippen LogP contribution in [0.25, 0.3) is 0 Å². The highest BCUT2D eigenvalue weighted by atomic mass is 79.9. The fourth-order valence-electron chi connectivity index (χ4n) is 7.59. The van der Waals surface area contributed by atoms with Crippen molar-refractivity contribution in [1.29, 1.82) is 0 Å². The number of alkyl halides is 1. The van der Waals surface area contributed by atoms with Crippen LogP contribution in [0.1, 0.15) is 85.5 Å². The van der Waals surface area contributed by atoms with E-state index >= 15 is 0 Å². The number of amides is 1. The van der Waals surface area contributed by atoms with Gasteiger partial charge in [-0.3, -0.25) is 4.79 Å². The van der Waals surface area contributed by atoms with Gasteiger partial charge in [0, 0.05) is 27.9 Å². The van der Waals surface area contributed by atoms with Crippen LogP contribution < -0.4 is 10.6 Å². The van der Waals surface area contributed by atoms with Gasteiger partial charge in [0.15, 0.2) is 0 Å². The van der Waals surface area contributed by atoms with Gasteiger partial charge in [-0.25, -0.2) is 0 Å². The zero-order valence-electron chi connectivity index (χ0n) is 16.4. The summed E-state index contributed by atoms with van der Waals surface area (Å²) in [5.74, 6) is 2.01. The summed E-state index contributed by atoms with van der Waals surface area (Å²) in [7, 11) is 0. The van der Waals surface area contributed by atoms with Crippen LogP contribution in [0.3, 0.4) is 0 Å². The normalized spacial score (nSPS) is 44.7. The van der Waals surface area contributed by atoms with Crippen molar-refractivity contribution >= 4 is 21.8 Å². The van der Waals surface area contributed by atoms with Crippen molar-refractivity contribution in [3.05, 3.63) is 0 Å². The van der Waals surface area contributed by atoms with Gasteiger partial charge in [-0.2, -0.15) is 0 Å². The second-order valence-electron chi connectivity index (χ2n) is 11.4. The Kier molecular flexibility index (Phi) is 4.17. The molecule has 0 aromatic heterocycles. The van der Waals surface area contributed by atoms with Crippen molar-refractivity contribution in [3.63, 3.8) is 0 Å². The predicted molar refractivity (Wildman–Crippen MR) is 106 cm³/mol. The second-order valence-corrected chi connectivity index (χ2v) is 13.0. The predicted octanol–water partition coefficient (Wildman–Crippen LogP) is 4.54. The highest BCUT2D eigenvalue weighted by molar-refractivity contribution is 9.10. The maximum Gasteiger partial charge on any atom is 0.220 e. The molecule has 1 heterocycles. The number of hydrogen-bond donors (Lipinski definition) is 2. The molecule has 4 heteroatoms. The third-order valence-electron chi connectivity index (χ3n) is 7.20. The van der Waals surface area contributed by atoms with Gasteiger partial charge in [0.2, 0.25) is 5.91 Å². The Hall–Kier alpha value is -0.0900. The molecule has 5 aliphatic rings. The molecule has 2 unspecified atom stereocenters. The number of carbonyl (C=O) groups excluding carboxylic acids is 1. The van der Waals surface area contributed by atoms with E-state index < -0.39 is 0 Å². The molecular formula is C21H35BrN2O. The fraction of sp³-hybridized carbons (Fsp3) is 0.952. The fourth-order valence-corrected chi connectivity index (χ4v) is 9.10. The minimum absolute atomic E-state index is 0.0836. The van der Waals surface area contributed by atoms with Crippen LogP contribution in [0, 0.1) is 17.3 Å². The van der Waals surface area contributed by atoms with Crippen LogP contribution in [-0.4, -0.2) is 27.4 Å². The number of piperidine rings is 1. The van der Waals surface area contributed by atoms with Gasteiger partial charge >= 0.3 is 0 Å². The molecule has 5 rings (SSSR count). The van der Waals surface area contributed by atoms with E-state index in [1.807, 2.05) is 0 Å². The lowest BCUT2D eigenvalue weighted by atomic mass is 9.48. The number of rotatable bonds is 3. The monoisotopic (exact) mass is 410 g/mol. The van der Waals surface area contributed by atoms with Crippen molar-refractivity contribution in [3.8, 4) is 0 Å². The average molecular weight is 411 g/mol. The molecule has 0 aromatic rings. The maximum atomic E-state index is 13.0. The van der Waals surface area contributed by atoms with Gasteiger partial charge in [-0.1, -0.05) is 15.9 Å². The average Bonchev–Trinajstić information content (AvgIpc) is 2.29. The Morgan fingerprint density at radius 2 is 1.56 bits per heavy atom. The molecule has 4 aliphatic carbocycles. The van der Waals surface area contributed by atoms with Crippen molar-refractivity contribution in [2.24, 2.45) is 17.3 Å². The molecule has 3 nitrogen and oxygen atoms in total. The number of carbonyl (C=O) groups is 1. The van der Waals surface area contributed by atoms with Crippen LogP contribution in [-0.2, 0) is 4.79 Å². The van der Waals surface area contributed by atoms with Crippen LogP contribution in [0.2, 0.25) is 0 Å². The molecule has 25 heavy (non-hydrogen) atoms. The molecule has 2 N–H and O–H groups in total. The van der Waals surface area contributed by atoms with Crippen LogP contribution >= 0.6 is 15.9 Å². The van der Waals surface area contributed by atoms with E-state index in [4.69, 9.17) is 0 Å². The molecule has 5 fully saturated rings. The first-order valence-electron chi connectivity index (χ1n) is 10.2. The summed E-state index contributed by atoms with van der Waals surface area (Å²) >= 11 is 4.07. The van der Waals surface area contributed by atoms with Crippen LogP contribution in [0.5, 0.6) is 0 Å². The number of nitrogens with one attached hydrogen (secondary N) is 2. The standard InChI is InChI=1S/C21H35BrN2O/c1-18(2)10-16(11-19(3,4)24-18)23-17(25)12-20-6-14-5-15(7-20)9-21(22,8-14)13-20/h14-16,24H,5-13H2,1-4H3,(H,23,25). The lowest BCUT2D eigenvalue weighted by Crippen LogP contribution is -2.62. The largest absolute Gasteiger partial charge is 0.353 e. The van der Waals surface area contributed by atoms with Crippen molar-refractivity contribution in [2.75, 3.05) is 0 Å². The van der Waals surface area contributed by atoms with Gasteiger partial charge < -0.3 is 10.6 Å². The molecule has 1 aliphatic heterocycles. The van der Waals surface area contributed by atoms with E-state index in [0.717, 1.165) is 31.1 Å². The van der Waals surface area contributed by atoms with Crippen LogP contribution in [0.4, 0.5) is 0 Å². The van der Waals surface area contributed by atoms with Gasteiger partial charge in [-0.15, -0.1) is 0 Å². The third kappa shape index (κ3) is 3.81. The summed E-state index contributed by atoms with van der Waals surface area (Å²) in [6.45, 7) is 9.00. The number of hydrogen-bond acceptors (Lipinski definition) is 2. The summed E-state index contributed by atoms with van der Waals surface area (Å²) < 4.78 is 0.343. The Morgan fingerprint density at radius 1 is 1.00 bits per heavy atom. The molecule has 4 saturated carbocycles. The number of halogens is 1. The molecule has 2 atom stereocenters. The maximum absolute atomic E-state index is 13.0. The zero-order chi connectivity index (χ0) is 18.1. The lowest BCUT2D eigenvalue weighted by molar-refractivity contribution is -0.129. The summed E-state index contributed by atoms with van der Waals surface area (Å²) in [5, 5.41) is 7.13. The first-order chi connectivity index (χ1) is 11.5. The molecule has 142 valence electrons. The summed E-state index contributed by atoms with van der Waals surface area (Å²) in [4.78, 5) is 13.0. The third-order valence-corrected chi connectivity index (χ3v) is 8.13. The molecule has 1 amide bonds. The van der Waals surface area contributed by atoms with E-state index in [0.29, 0.717) is 16.3 Å². The topological polar surface area (TPSA) is 41.1 Å².